The lowest BCUT2D eigenvalue weighted by Crippen LogP contribution is -2.25. The molecule has 8 nitrogen and oxygen atoms in total. The van der Waals surface area contributed by atoms with Crippen LogP contribution in [0.5, 0.6) is 0 Å². The molecule has 150 valence electrons. The van der Waals surface area contributed by atoms with Gasteiger partial charge in [0.15, 0.2) is 5.82 Å². The summed E-state index contributed by atoms with van der Waals surface area (Å²) >= 11 is 0. The minimum absolute atomic E-state index is 0.0382. The zero-order chi connectivity index (χ0) is 20.1. The fourth-order valence-electron chi connectivity index (χ4n) is 3.59. The third kappa shape index (κ3) is 3.30. The molecule has 2 fully saturated rings. The van der Waals surface area contributed by atoms with Crippen molar-refractivity contribution in [3.8, 4) is 11.3 Å². The first-order valence-corrected chi connectivity index (χ1v) is 10.3. The summed E-state index contributed by atoms with van der Waals surface area (Å²) in [6.45, 7) is 0. The van der Waals surface area contributed by atoms with Gasteiger partial charge in [-0.2, -0.15) is 5.10 Å². The first kappa shape index (κ1) is 17.2. The maximum absolute atomic E-state index is 12.4. The van der Waals surface area contributed by atoms with E-state index in [2.05, 4.69) is 25.8 Å². The summed E-state index contributed by atoms with van der Waals surface area (Å²) in [6.07, 6.45) is 8.16. The van der Waals surface area contributed by atoms with Crippen LogP contribution in [0.3, 0.4) is 0 Å². The first-order valence-electron chi connectivity index (χ1n) is 10.3. The van der Waals surface area contributed by atoms with Crippen LogP contribution >= 0.6 is 0 Å². The molecule has 0 saturated heterocycles. The fourth-order valence-corrected chi connectivity index (χ4v) is 3.59. The van der Waals surface area contributed by atoms with Crippen LogP contribution in [0, 0.1) is 0 Å². The Hall–Kier alpha value is -3.68. The molecule has 1 amide bonds. The smallest absolute Gasteiger partial charge is 0.251 e. The number of fused-ring (bicyclic) bond motifs is 1. The SMILES string of the molecule is O=C(NC1CC1)c1cccc(-c2cc3nccn3c(Nc3cc(C4CC4)[nH]n3)n2)c1. The van der Waals surface area contributed by atoms with Gasteiger partial charge in [-0.15, -0.1) is 0 Å². The Morgan fingerprint density at radius 2 is 2.03 bits per heavy atom. The molecule has 6 rings (SSSR count). The van der Waals surface area contributed by atoms with Gasteiger partial charge in [-0.25, -0.2) is 9.97 Å². The third-order valence-electron chi connectivity index (χ3n) is 5.58. The van der Waals surface area contributed by atoms with E-state index in [4.69, 9.17) is 4.98 Å². The summed E-state index contributed by atoms with van der Waals surface area (Å²) in [7, 11) is 0. The van der Waals surface area contributed by atoms with Crippen molar-refractivity contribution in [2.24, 2.45) is 0 Å². The lowest BCUT2D eigenvalue weighted by molar-refractivity contribution is 0.0951. The van der Waals surface area contributed by atoms with Gasteiger partial charge in [0.25, 0.3) is 5.91 Å². The number of H-pyrrole nitrogens is 1. The summed E-state index contributed by atoms with van der Waals surface area (Å²) in [5.74, 6) is 1.92. The van der Waals surface area contributed by atoms with Crippen LogP contribution in [-0.2, 0) is 0 Å². The molecule has 0 atom stereocenters. The second-order valence-corrected chi connectivity index (χ2v) is 8.06. The summed E-state index contributed by atoms with van der Waals surface area (Å²) in [4.78, 5) is 21.7. The molecule has 2 aliphatic carbocycles. The summed E-state index contributed by atoms with van der Waals surface area (Å²) in [5.41, 5.74) is 4.18. The summed E-state index contributed by atoms with van der Waals surface area (Å²) in [5, 5.41) is 13.8. The molecule has 3 N–H and O–H groups in total. The van der Waals surface area contributed by atoms with E-state index in [0.29, 0.717) is 23.5 Å². The van der Waals surface area contributed by atoms with Crippen molar-refractivity contribution in [2.45, 2.75) is 37.6 Å². The van der Waals surface area contributed by atoms with E-state index < -0.39 is 0 Å². The van der Waals surface area contributed by atoms with Crippen molar-refractivity contribution in [2.75, 3.05) is 5.32 Å². The zero-order valence-electron chi connectivity index (χ0n) is 16.3. The topological polar surface area (TPSA) is 100 Å². The Morgan fingerprint density at radius 1 is 1.13 bits per heavy atom. The van der Waals surface area contributed by atoms with Crippen molar-refractivity contribution in [3.05, 3.63) is 60.0 Å². The van der Waals surface area contributed by atoms with E-state index in [1.807, 2.05) is 47.0 Å². The number of hydrogen-bond donors (Lipinski definition) is 3. The van der Waals surface area contributed by atoms with Gasteiger partial charge in [-0.05, 0) is 37.8 Å². The van der Waals surface area contributed by atoms with E-state index in [-0.39, 0.29) is 5.91 Å². The van der Waals surface area contributed by atoms with E-state index in [1.165, 1.54) is 12.8 Å². The minimum Gasteiger partial charge on any atom is -0.349 e. The Labute approximate surface area is 172 Å². The molecule has 30 heavy (non-hydrogen) atoms. The predicted molar refractivity (Wildman–Crippen MR) is 113 cm³/mol. The van der Waals surface area contributed by atoms with Crippen LogP contribution in [0.15, 0.2) is 48.8 Å². The monoisotopic (exact) mass is 399 g/mol. The maximum atomic E-state index is 12.4. The molecular weight excluding hydrogens is 378 g/mol. The predicted octanol–water partition coefficient (Wildman–Crippen LogP) is 3.63. The number of anilines is 2. The highest BCUT2D eigenvalue weighted by Crippen LogP contribution is 2.39. The van der Waals surface area contributed by atoms with Crippen LogP contribution in [0.4, 0.5) is 11.8 Å². The largest absolute Gasteiger partial charge is 0.349 e. The Balaban J connectivity index is 1.35. The second kappa shape index (κ2) is 6.69. The number of nitrogens with one attached hydrogen (secondary N) is 3. The number of carbonyl (C=O) groups is 1. The fraction of sp³-hybridized carbons (Fsp3) is 0.273. The van der Waals surface area contributed by atoms with Crippen molar-refractivity contribution in [1.82, 2.24) is 29.9 Å². The molecule has 0 unspecified atom stereocenters. The first-order chi connectivity index (χ1) is 14.7. The summed E-state index contributed by atoms with van der Waals surface area (Å²) in [6, 6.07) is 11.8. The number of nitrogens with zero attached hydrogens (tertiary/aromatic N) is 4. The molecule has 2 saturated carbocycles. The third-order valence-corrected chi connectivity index (χ3v) is 5.58. The quantitative estimate of drug-likeness (QED) is 0.460. The highest BCUT2D eigenvalue weighted by Gasteiger charge is 2.26. The second-order valence-electron chi connectivity index (χ2n) is 8.06. The van der Waals surface area contributed by atoms with Gasteiger partial charge in [-0.3, -0.25) is 14.3 Å². The van der Waals surface area contributed by atoms with Crippen molar-refractivity contribution in [1.29, 1.82) is 0 Å². The van der Waals surface area contributed by atoms with Gasteiger partial charge >= 0.3 is 0 Å². The van der Waals surface area contributed by atoms with Crippen LogP contribution in [0.25, 0.3) is 16.9 Å². The Kier molecular flexibility index (Phi) is 3.83. The van der Waals surface area contributed by atoms with E-state index in [0.717, 1.165) is 41.3 Å². The van der Waals surface area contributed by atoms with Crippen LogP contribution in [-0.4, -0.2) is 36.5 Å². The van der Waals surface area contributed by atoms with Gasteiger partial charge in [0.1, 0.15) is 5.65 Å². The van der Waals surface area contributed by atoms with E-state index in [1.54, 1.807) is 6.20 Å². The molecule has 1 aromatic carbocycles. The molecule has 0 spiro atoms. The van der Waals surface area contributed by atoms with E-state index in [9.17, 15) is 4.79 Å². The lowest BCUT2D eigenvalue weighted by atomic mass is 10.1. The normalized spacial score (nSPS) is 16.0. The number of imidazole rings is 1. The van der Waals surface area contributed by atoms with Gasteiger partial charge in [0.05, 0.1) is 5.69 Å². The van der Waals surface area contributed by atoms with E-state index >= 15 is 0 Å². The van der Waals surface area contributed by atoms with Gasteiger partial charge in [0.2, 0.25) is 5.95 Å². The summed E-state index contributed by atoms with van der Waals surface area (Å²) < 4.78 is 1.89. The molecule has 8 heteroatoms. The molecular formula is C22H21N7O. The highest BCUT2D eigenvalue weighted by atomic mass is 16.1. The molecule has 3 heterocycles. The Bertz CT molecular complexity index is 1250. The minimum atomic E-state index is -0.0382. The molecule has 0 bridgehead atoms. The molecule has 0 aliphatic heterocycles. The molecule has 2 aliphatic rings. The standard InChI is InChI=1S/C22H21N7O/c30-21(24-16-6-7-16)15-3-1-2-14(10-15)17-12-20-23-8-9-29(20)22(25-17)26-19-11-18(27-28-19)13-4-5-13/h1-3,8-13,16H,4-7H2,(H,24,30)(H2,25,26,27,28). The van der Waals surface area contributed by atoms with Gasteiger partial charge in [0, 0.05) is 53.3 Å². The number of amides is 1. The molecule has 4 aromatic rings. The van der Waals surface area contributed by atoms with Gasteiger partial charge < -0.3 is 10.6 Å². The van der Waals surface area contributed by atoms with Crippen LogP contribution in [0.2, 0.25) is 0 Å². The van der Waals surface area contributed by atoms with Crippen LogP contribution < -0.4 is 10.6 Å². The highest BCUT2D eigenvalue weighted by molar-refractivity contribution is 5.95. The maximum Gasteiger partial charge on any atom is 0.251 e. The van der Waals surface area contributed by atoms with Crippen molar-refractivity contribution < 1.29 is 4.79 Å². The number of aromatic amines is 1. The number of rotatable bonds is 6. The zero-order valence-corrected chi connectivity index (χ0v) is 16.3. The van der Waals surface area contributed by atoms with Crippen molar-refractivity contribution in [3.63, 3.8) is 0 Å². The number of benzene rings is 1. The number of aromatic nitrogens is 5. The average Bonchev–Trinajstić information content (AvgIpc) is 3.68. The van der Waals surface area contributed by atoms with Gasteiger partial charge in [-0.1, -0.05) is 12.1 Å². The Morgan fingerprint density at radius 3 is 2.87 bits per heavy atom. The lowest BCUT2D eigenvalue weighted by Gasteiger charge is -2.10. The number of carbonyl (C=O) groups excluding carboxylic acids is 1. The molecule has 3 aromatic heterocycles. The van der Waals surface area contributed by atoms with Crippen molar-refractivity contribution >= 4 is 23.3 Å². The van der Waals surface area contributed by atoms with Crippen LogP contribution in [0.1, 0.15) is 47.7 Å². The molecule has 0 radical (unpaired) electrons. The number of hydrogen-bond acceptors (Lipinski definition) is 5. The average molecular weight is 399 g/mol.